The summed E-state index contributed by atoms with van der Waals surface area (Å²) in [5.41, 5.74) is 12.2. The fraction of sp³-hybridized carbons (Fsp3) is 1.00. The van der Waals surface area contributed by atoms with Gasteiger partial charge in [0.2, 0.25) is 0 Å². The molecule has 36 heavy (non-hydrogen) atoms. The van der Waals surface area contributed by atoms with Crippen LogP contribution in [0.25, 0.3) is 0 Å². The molecule has 5 aliphatic rings. The fourth-order valence-electron chi connectivity index (χ4n) is 7.45. The van der Waals surface area contributed by atoms with Crippen LogP contribution in [-0.4, -0.2) is 54.1 Å². The van der Waals surface area contributed by atoms with E-state index >= 15 is 0 Å². The zero-order valence-electron chi connectivity index (χ0n) is 22.7. The van der Waals surface area contributed by atoms with Crippen molar-refractivity contribution < 1.29 is 0 Å². The highest BCUT2D eigenvalue weighted by Gasteiger charge is 2.32. The fourth-order valence-corrected chi connectivity index (χ4v) is 14.0. The number of nitrogens with two attached hydrogens (primary N) is 2. The van der Waals surface area contributed by atoms with Gasteiger partial charge in [-0.15, -0.1) is 0 Å². The summed E-state index contributed by atoms with van der Waals surface area (Å²) < 4.78 is 0. The molecule has 0 spiro atoms. The highest BCUT2D eigenvalue weighted by Crippen LogP contribution is 2.45. The van der Waals surface area contributed by atoms with E-state index in [0.717, 1.165) is 42.0 Å². The van der Waals surface area contributed by atoms with Crippen molar-refractivity contribution in [3.8, 4) is 0 Å². The Balaban J connectivity index is 0.912. The lowest BCUT2D eigenvalue weighted by atomic mass is 9.96. The molecule has 0 amide bonds. The van der Waals surface area contributed by atoms with E-state index < -0.39 is 0 Å². The van der Waals surface area contributed by atoms with Crippen molar-refractivity contribution in [1.29, 1.82) is 0 Å². The number of rotatable bonds is 8. The van der Waals surface area contributed by atoms with Gasteiger partial charge in [0.15, 0.2) is 0 Å². The van der Waals surface area contributed by atoms with Crippen LogP contribution in [0.3, 0.4) is 0 Å². The zero-order valence-corrected chi connectivity index (χ0v) is 26.0. The van der Waals surface area contributed by atoms with Gasteiger partial charge in [-0.1, -0.05) is 0 Å². The first kappa shape index (κ1) is 28.8. The van der Waals surface area contributed by atoms with Crippen molar-refractivity contribution in [2.24, 2.45) is 11.5 Å². The summed E-state index contributed by atoms with van der Waals surface area (Å²) in [4.78, 5) is 0. The van der Waals surface area contributed by atoms with Gasteiger partial charge in [0.25, 0.3) is 0 Å². The molecule has 6 heteroatoms. The highest BCUT2D eigenvalue weighted by molar-refractivity contribution is 8.01. The molecule has 0 radical (unpaired) electrons. The first-order chi connectivity index (χ1) is 17.6. The third-order valence-corrected chi connectivity index (χ3v) is 16.7. The molecule has 0 heterocycles. The van der Waals surface area contributed by atoms with Crippen LogP contribution in [0.4, 0.5) is 0 Å². The number of hydrogen-bond acceptors (Lipinski definition) is 6. The average Bonchev–Trinajstić information content (AvgIpc) is 2.90. The lowest BCUT2D eigenvalue weighted by Crippen LogP contribution is -2.30. The van der Waals surface area contributed by atoms with Gasteiger partial charge in [-0.3, -0.25) is 0 Å². The van der Waals surface area contributed by atoms with Gasteiger partial charge in [-0.05, 0) is 128 Å². The SMILES string of the molecule is NC1CCC(SC2CCC(SC3CCC(SC4CCC(SC5CCC(N)CC5)CC4)CC3)CC2)CC1. The molecule has 208 valence electrons. The monoisotopic (exact) mass is 570 g/mol. The van der Waals surface area contributed by atoms with Crippen LogP contribution in [0, 0.1) is 0 Å². The topological polar surface area (TPSA) is 52.0 Å². The Labute approximate surface area is 239 Å². The molecule has 0 aliphatic heterocycles. The molecule has 0 aromatic rings. The molecule has 5 rings (SSSR count). The van der Waals surface area contributed by atoms with Gasteiger partial charge >= 0.3 is 0 Å². The van der Waals surface area contributed by atoms with Crippen LogP contribution in [0.5, 0.6) is 0 Å². The van der Waals surface area contributed by atoms with Crippen molar-refractivity contribution in [3.63, 3.8) is 0 Å². The average molecular weight is 571 g/mol. The molecule has 0 bridgehead atoms. The summed E-state index contributed by atoms with van der Waals surface area (Å²) in [7, 11) is 0. The molecule has 5 saturated carbocycles. The van der Waals surface area contributed by atoms with Gasteiger partial charge in [0, 0.05) is 54.1 Å². The predicted molar refractivity (Wildman–Crippen MR) is 169 cm³/mol. The maximum absolute atomic E-state index is 6.11. The Bertz CT molecular complexity index is 556. The lowest BCUT2D eigenvalue weighted by molar-refractivity contribution is 0.446. The molecule has 0 aromatic heterocycles. The molecule has 0 saturated heterocycles. The second kappa shape index (κ2) is 14.8. The van der Waals surface area contributed by atoms with Crippen LogP contribution in [0.2, 0.25) is 0 Å². The molecule has 0 unspecified atom stereocenters. The molecule has 0 aromatic carbocycles. The van der Waals surface area contributed by atoms with Gasteiger partial charge < -0.3 is 11.5 Å². The van der Waals surface area contributed by atoms with E-state index in [0.29, 0.717) is 12.1 Å². The first-order valence-corrected chi connectivity index (χ1v) is 19.5. The van der Waals surface area contributed by atoms with Crippen LogP contribution in [0.1, 0.15) is 128 Å². The molecule has 0 atom stereocenters. The lowest BCUT2D eigenvalue weighted by Gasteiger charge is -2.37. The van der Waals surface area contributed by atoms with E-state index in [2.05, 4.69) is 47.0 Å². The summed E-state index contributed by atoms with van der Waals surface area (Å²) in [6, 6.07) is 0.988. The summed E-state index contributed by atoms with van der Waals surface area (Å²) in [6.07, 6.45) is 28.4. The van der Waals surface area contributed by atoms with Crippen molar-refractivity contribution in [2.45, 2.75) is 182 Å². The Morgan fingerprint density at radius 3 is 0.556 bits per heavy atom. The smallest absolute Gasteiger partial charge is 0.00509 e. The predicted octanol–water partition coefficient (Wildman–Crippen LogP) is 8.39. The zero-order chi connectivity index (χ0) is 24.7. The minimum absolute atomic E-state index is 0.494. The molecule has 4 N–H and O–H groups in total. The van der Waals surface area contributed by atoms with E-state index in [1.807, 2.05) is 0 Å². The van der Waals surface area contributed by atoms with Gasteiger partial charge in [0.05, 0.1) is 0 Å². The van der Waals surface area contributed by atoms with E-state index in [-0.39, 0.29) is 0 Å². The Kier molecular flexibility index (Phi) is 11.9. The second-order valence-electron chi connectivity index (χ2n) is 12.8. The summed E-state index contributed by atoms with van der Waals surface area (Å²) >= 11 is 9.51. The van der Waals surface area contributed by atoms with Crippen molar-refractivity contribution >= 4 is 47.0 Å². The maximum atomic E-state index is 6.11. The third-order valence-electron chi connectivity index (χ3n) is 9.84. The van der Waals surface area contributed by atoms with Gasteiger partial charge in [-0.2, -0.15) is 47.0 Å². The minimum atomic E-state index is 0.494. The van der Waals surface area contributed by atoms with Crippen molar-refractivity contribution in [1.82, 2.24) is 0 Å². The molecule has 5 fully saturated rings. The Morgan fingerprint density at radius 2 is 0.389 bits per heavy atom. The normalized spacial score (nSPS) is 44.8. The van der Waals surface area contributed by atoms with Crippen LogP contribution in [-0.2, 0) is 0 Å². The molecular formula is C30H54N2S4. The van der Waals surface area contributed by atoms with E-state index in [1.165, 1.54) is 128 Å². The second-order valence-corrected chi connectivity index (χ2v) is 19.2. The van der Waals surface area contributed by atoms with Crippen molar-refractivity contribution in [3.05, 3.63) is 0 Å². The largest absolute Gasteiger partial charge is 0.328 e. The highest BCUT2D eigenvalue weighted by atomic mass is 32.2. The molecule has 5 aliphatic carbocycles. The van der Waals surface area contributed by atoms with Crippen LogP contribution >= 0.6 is 47.0 Å². The first-order valence-electron chi connectivity index (χ1n) is 15.7. The van der Waals surface area contributed by atoms with Gasteiger partial charge in [-0.25, -0.2) is 0 Å². The maximum Gasteiger partial charge on any atom is 0.00509 e. The van der Waals surface area contributed by atoms with E-state index in [1.54, 1.807) is 0 Å². The summed E-state index contributed by atoms with van der Waals surface area (Å²) in [5.74, 6) is 0. The van der Waals surface area contributed by atoms with E-state index in [4.69, 9.17) is 11.5 Å². The molecule has 2 nitrogen and oxygen atoms in total. The van der Waals surface area contributed by atoms with E-state index in [9.17, 15) is 0 Å². The summed E-state index contributed by atoms with van der Waals surface area (Å²) in [6.45, 7) is 0. The van der Waals surface area contributed by atoms with Crippen molar-refractivity contribution in [2.75, 3.05) is 0 Å². The summed E-state index contributed by atoms with van der Waals surface area (Å²) in [5, 5.41) is 7.57. The minimum Gasteiger partial charge on any atom is -0.328 e. The van der Waals surface area contributed by atoms with Crippen LogP contribution < -0.4 is 11.5 Å². The van der Waals surface area contributed by atoms with Crippen LogP contribution in [0.15, 0.2) is 0 Å². The standard InChI is InChI=1S/C30H54N2S4/c31-21-1-5-23(6-2-21)33-25-9-13-27(14-10-25)35-29-17-19-30(20-18-29)36-28-15-11-26(12-16-28)34-24-7-3-22(32)4-8-24/h21-30H,1-20,31-32H2. The molecular weight excluding hydrogens is 517 g/mol. The number of thioether (sulfide) groups is 4. The Hall–Kier alpha value is 1.32. The number of hydrogen-bond donors (Lipinski definition) is 2. The Morgan fingerprint density at radius 1 is 0.250 bits per heavy atom. The van der Waals surface area contributed by atoms with Gasteiger partial charge in [0.1, 0.15) is 0 Å². The quantitative estimate of drug-likeness (QED) is 0.306. The third kappa shape index (κ3) is 9.18.